The van der Waals surface area contributed by atoms with Gasteiger partial charge in [0, 0.05) is 35.9 Å². The third-order valence-electron chi connectivity index (χ3n) is 3.00. The first kappa shape index (κ1) is 13.2. The van der Waals surface area contributed by atoms with Gasteiger partial charge in [0.1, 0.15) is 0 Å². The number of hydrogen-bond acceptors (Lipinski definition) is 1. The molecule has 0 spiro atoms. The van der Waals surface area contributed by atoms with Crippen molar-refractivity contribution in [1.29, 1.82) is 0 Å². The molecule has 3 heteroatoms. The summed E-state index contributed by atoms with van der Waals surface area (Å²) in [4.78, 5) is 0. The van der Waals surface area contributed by atoms with E-state index in [1.54, 1.807) is 0 Å². The second-order valence-corrected chi connectivity index (χ2v) is 5.31. The molecule has 0 radical (unpaired) electrons. The van der Waals surface area contributed by atoms with Crippen LogP contribution in [-0.4, -0.2) is 10.6 Å². The van der Waals surface area contributed by atoms with Crippen LogP contribution in [0.4, 0.5) is 0 Å². The number of benzene rings is 1. The largest absolute Gasteiger partial charge is 0.347 e. The number of hydrogen-bond donors (Lipinski definition) is 1. The maximum absolute atomic E-state index is 6.27. The quantitative estimate of drug-likeness (QED) is 0.900. The maximum atomic E-state index is 6.27. The van der Waals surface area contributed by atoms with E-state index < -0.39 is 0 Å². The summed E-state index contributed by atoms with van der Waals surface area (Å²) in [5.74, 6) is 0. The van der Waals surface area contributed by atoms with Crippen LogP contribution in [-0.2, 0) is 13.0 Å². The van der Waals surface area contributed by atoms with Crippen molar-refractivity contribution < 1.29 is 0 Å². The van der Waals surface area contributed by atoms with Crippen molar-refractivity contribution in [3.8, 4) is 0 Å². The van der Waals surface area contributed by atoms with Gasteiger partial charge in [0.15, 0.2) is 0 Å². The SMILES string of the molecule is Cc1ccc(Cn2cccc2CC(C)N)c(Cl)c1. The Balaban J connectivity index is 2.21. The number of nitrogens with two attached hydrogens (primary N) is 1. The lowest BCUT2D eigenvalue weighted by molar-refractivity contribution is 0.666. The van der Waals surface area contributed by atoms with Gasteiger partial charge >= 0.3 is 0 Å². The molecule has 2 N–H and O–H groups in total. The van der Waals surface area contributed by atoms with Crippen LogP contribution >= 0.6 is 11.6 Å². The predicted octanol–water partition coefficient (Wildman–Crippen LogP) is 3.39. The Morgan fingerprint density at radius 3 is 2.78 bits per heavy atom. The van der Waals surface area contributed by atoms with E-state index in [2.05, 4.69) is 35.0 Å². The van der Waals surface area contributed by atoms with E-state index in [-0.39, 0.29) is 6.04 Å². The predicted molar refractivity (Wildman–Crippen MR) is 77.1 cm³/mol. The van der Waals surface area contributed by atoms with Gasteiger partial charge in [-0.05, 0) is 43.2 Å². The van der Waals surface area contributed by atoms with Crippen molar-refractivity contribution in [2.75, 3.05) is 0 Å². The lowest BCUT2D eigenvalue weighted by Gasteiger charge is -2.12. The summed E-state index contributed by atoms with van der Waals surface area (Å²) < 4.78 is 2.21. The molecule has 18 heavy (non-hydrogen) atoms. The Morgan fingerprint density at radius 1 is 1.33 bits per heavy atom. The summed E-state index contributed by atoms with van der Waals surface area (Å²) in [5.41, 5.74) is 9.44. The molecule has 2 aromatic rings. The molecule has 1 unspecified atom stereocenters. The molecule has 2 rings (SSSR count). The van der Waals surface area contributed by atoms with Crippen LogP contribution in [0.25, 0.3) is 0 Å². The van der Waals surface area contributed by atoms with Crippen molar-refractivity contribution in [3.05, 3.63) is 58.4 Å². The van der Waals surface area contributed by atoms with Crippen LogP contribution in [0.5, 0.6) is 0 Å². The van der Waals surface area contributed by atoms with Crippen LogP contribution in [0.3, 0.4) is 0 Å². The highest BCUT2D eigenvalue weighted by molar-refractivity contribution is 6.31. The summed E-state index contributed by atoms with van der Waals surface area (Å²) in [5, 5.41) is 0.829. The summed E-state index contributed by atoms with van der Waals surface area (Å²) in [6.07, 6.45) is 2.96. The smallest absolute Gasteiger partial charge is 0.0487 e. The number of aromatic nitrogens is 1. The average molecular weight is 263 g/mol. The molecule has 0 bridgehead atoms. The van der Waals surface area contributed by atoms with Gasteiger partial charge < -0.3 is 10.3 Å². The molecule has 0 saturated heterocycles. The Hall–Kier alpha value is -1.25. The van der Waals surface area contributed by atoms with Gasteiger partial charge in [-0.1, -0.05) is 23.7 Å². The van der Waals surface area contributed by atoms with Gasteiger partial charge in [0.2, 0.25) is 0 Å². The highest BCUT2D eigenvalue weighted by atomic mass is 35.5. The molecule has 0 saturated carbocycles. The molecule has 2 nitrogen and oxygen atoms in total. The highest BCUT2D eigenvalue weighted by Crippen LogP contribution is 2.19. The number of aryl methyl sites for hydroxylation is 1. The molecule has 1 atom stereocenters. The zero-order chi connectivity index (χ0) is 13.1. The van der Waals surface area contributed by atoms with E-state index in [4.69, 9.17) is 17.3 Å². The maximum Gasteiger partial charge on any atom is 0.0487 e. The molecular weight excluding hydrogens is 244 g/mol. The van der Waals surface area contributed by atoms with E-state index in [1.165, 1.54) is 11.3 Å². The minimum absolute atomic E-state index is 0.173. The van der Waals surface area contributed by atoms with Gasteiger partial charge in [-0.3, -0.25) is 0 Å². The standard InChI is InChI=1S/C15H19ClN2/c1-11-5-6-13(15(16)8-11)10-18-7-3-4-14(18)9-12(2)17/h3-8,12H,9-10,17H2,1-2H3. The molecule has 1 aromatic carbocycles. The van der Waals surface area contributed by atoms with Gasteiger partial charge in [0.25, 0.3) is 0 Å². The van der Waals surface area contributed by atoms with Crippen molar-refractivity contribution in [1.82, 2.24) is 4.57 Å². The fourth-order valence-corrected chi connectivity index (χ4v) is 2.38. The minimum Gasteiger partial charge on any atom is -0.347 e. The molecule has 0 amide bonds. The Kier molecular flexibility index (Phi) is 4.10. The average Bonchev–Trinajstić information content (AvgIpc) is 2.69. The third-order valence-corrected chi connectivity index (χ3v) is 3.36. The lowest BCUT2D eigenvalue weighted by atomic mass is 10.1. The second kappa shape index (κ2) is 5.59. The summed E-state index contributed by atoms with van der Waals surface area (Å²) >= 11 is 6.27. The van der Waals surface area contributed by atoms with Crippen molar-refractivity contribution in [3.63, 3.8) is 0 Å². The normalized spacial score (nSPS) is 12.7. The van der Waals surface area contributed by atoms with Gasteiger partial charge in [-0.2, -0.15) is 0 Å². The highest BCUT2D eigenvalue weighted by Gasteiger charge is 2.06. The van der Waals surface area contributed by atoms with Gasteiger partial charge in [-0.15, -0.1) is 0 Å². The van der Waals surface area contributed by atoms with Crippen LogP contribution < -0.4 is 5.73 Å². The van der Waals surface area contributed by atoms with Crippen molar-refractivity contribution in [2.24, 2.45) is 5.73 Å². The zero-order valence-corrected chi connectivity index (χ0v) is 11.6. The number of rotatable bonds is 4. The topological polar surface area (TPSA) is 30.9 Å². The molecule has 0 fully saturated rings. The summed E-state index contributed by atoms with van der Waals surface area (Å²) in [6.45, 7) is 4.87. The van der Waals surface area contributed by atoms with Crippen molar-refractivity contribution in [2.45, 2.75) is 32.9 Å². The number of halogens is 1. The molecule has 0 aliphatic heterocycles. The Bertz CT molecular complexity index is 529. The Labute approximate surface area is 113 Å². The fourth-order valence-electron chi connectivity index (χ4n) is 2.08. The van der Waals surface area contributed by atoms with Crippen molar-refractivity contribution >= 4 is 11.6 Å². The Morgan fingerprint density at radius 2 is 2.11 bits per heavy atom. The van der Waals surface area contributed by atoms with Crippen LogP contribution in [0.2, 0.25) is 5.02 Å². The van der Waals surface area contributed by atoms with E-state index >= 15 is 0 Å². The second-order valence-electron chi connectivity index (χ2n) is 4.90. The first-order valence-corrected chi connectivity index (χ1v) is 6.58. The minimum atomic E-state index is 0.173. The summed E-state index contributed by atoms with van der Waals surface area (Å²) in [6, 6.07) is 10.5. The third kappa shape index (κ3) is 3.15. The molecule has 1 aromatic heterocycles. The number of nitrogens with zero attached hydrogens (tertiary/aromatic N) is 1. The lowest BCUT2D eigenvalue weighted by Crippen LogP contribution is -2.20. The molecule has 1 heterocycles. The summed E-state index contributed by atoms with van der Waals surface area (Å²) in [7, 11) is 0. The van der Waals surface area contributed by atoms with Crippen LogP contribution in [0.15, 0.2) is 36.5 Å². The van der Waals surface area contributed by atoms with E-state index in [0.717, 1.165) is 23.6 Å². The first-order valence-electron chi connectivity index (χ1n) is 6.21. The molecule has 96 valence electrons. The monoisotopic (exact) mass is 262 g/mol. The molecular formula is C15H19ClN2. The van der Waals surface area contributed by atoms with E-state index in [9.17, 15) is 0 Å². The zero-order valence-electron chi connectivity index (χ0n) is 10.9. The molecule has 0 aliphatic carbocycles. The molecule has 0 aliphatic rings. The van der Waals surface area contributed by atoms with E-state index in [0.29, 0.717) is 0 Å². The van der Waals surface area contributed by atoms with Gasteiger partial charge in [0.05, 0.1) is 0 Å². The first-order chi connectivity index (χ1) is 8.56. The van der Waals surface area contributed by atoms with E-state index in [1.807, 2.05) is 19.9 Å². The van der Waals surface area contributed by atoms with Crippen LogP contribution in [0, 0.1) is 6.92 Å². The van der Waals surface area contributed by atoms with Crippen LogP contribution in [0.1, 0.15) is 23.7 Å². The van der Waals surface area contributed by atoms with Gasteiger partial charge in [-0.25, -0.2) is 0 Å². The fraction of sp³-hybridized carbons (Fsp3) is 0.333.